The number of piperidine rings is 1. The molecule has 0 spiro atoms. The number of nitrogens with zero attached hydrogens (tertiary/aromatic N) is 1. The number of sulfonamides is 1. The zero-order chi connectivity index (χ0) is 20.1. The molecule has 0 saturated carbocycles. The van der Waals surface area contributed by atoms with Gasteiger partial charge in [-0.25, -0.2) is 8.42 Å². The maximum absolute atomic E-state index is 12.5. The van der Waals surface area contributed by atoms with Crippen LogP contribution in [0.15, 0.2) is 46.0 Å². The molecule has 2 N–H and O–H groups in total. The van der Waals surface area contributed by atoms with Crippen LogP contribution in [0.25, 0.3) is 0 Å². The Hall–Kier alpha value is -1.90. The predicted molar refractivity (Wildman–Crippen MR) is 113 cm³/mol. The van der Waals surface area contributed by atoms with Gasteiger partial charge in [0.15, 0.2) is 0 Å². The van der Waals surface area contributed by atoms with Crippen molar-refractivity contribution in [1.29, 1.82) is 0 Å². The predicted octanol–water partition coefficient (Wildman–Crippen LogP) is 3.40. The van der Waals surface area contributed by atoms with Gasteiger partial charge in [0.25, 0.3) is 15.9 Å². The maximum atomic E-state index is 12.5. The van der Waals surface area contributed by atoms with Crippen LogP contribution in [0.5, 0.6) is 0 Å². The maximum Gasteiger partial charge on any atom is 0.271 e. The van der Waals surface area contributed by atoms with Gasteiger partial charge in [0.05, 0.1) is 0 Å². The average molecular weight is 422 g/mol. The van der Waals surface area contributed by atoms with Crippen LogP contribution in [0, 0.1) is 5.92 Å². The normalized spacial score (nSPS) is 19.1. The molecule has 8 heteroatoms. The van der Waals surface area contributed by atoms with Crippen molar-refractivity contribution in [3.63, 3.8) is 0 Å². The highest BCUT2D eigenvalue weighted by molar-refractivity contribution is 7.94. The largest absolute Gasteiger partial charge is 0.348 e. The lowest BCUT2D eigenvalue weighted by atomic mass is 10.00. The second kappa shape index (κ2) is 9.07. The van der Waals surface area contributed by atoms with E-state index in [4.69, 9.17) is 0 Å². The summed E-state index contributed by atoms with van der Waals surface area (Å²) in [5.41, 5.74) is 0.943. The van der Waals surface area contributed by atoms with Gasteiger partial charge < -0.3 is 10.2 Å². The van der Waals surface area contributed by atoms with Crippen LogP contribution in [-0.2, 0) is 10.0 Å². The van der Waals surface area contributed by atoms with Crippen LogP contribution >= 0.6 is 11.3 Å². The number of hydrogen-bond donors (Lipinski definition) is 2. The van der Waals surface area contributed by atoms with Crippen molar-refractivity contribution in [2.45, 2.75) is 36.9 Å². The Kier molecular flexibility index (Phi) is 6.74. The second-order valence-electron chi connectivity index (χ2n) is 7.50. The van der Waals surface area contributed by atoms with Crippen molar-refractivity contribution in [2.75, 3.05) is 24.4 Å². The molecule has 1 aliphatic rings. The summed E-state index contributed by atoms with van der Waals surface area (Å²) in [6.07, 6.45) is 2.49. The number of likely N-dealkylation sites (tertiary alicyclic amines) is 1. The van der Waals surface area contributed by atoms with E-state index in [9.17, 15) is 13.2 Å². The Balaban J connectivity index is 1.54. The molecule has 3 rings (SSSR count). The number of anilines is 1. The molecule has 2 atom stereocenters. The first-order valence-corrected chi connectivity index (χ1v) is 11.9. The molecule has 1 saturated heterocycles. The van der Waals surface area contributed by atoms with Crippen molar-refractivity contribution in [1.82, 2.24) is 10.2 Å². The van der Waals surface area contributed by atoms with Gasteiger partial charge in [0.2, 0.25) is 0 Å². The second-order valence-corrected chi connectivity index (χ2v) is 10.4. The van der Waals surface area contributed by atoms with E-state index in [1.807, 2.05) is 6.92 Å². The van der Waals surface area contributed by atoms with E-state index in [1.54, 1.807) is 41.8 Å². The molecule has 0 aliphatic carbocycles. The molecule has 152 valence electrons. The minimum Gasteiger partial charge on any atom is -0.348 e. The number of rotatable bonds is 7. The van der Waals surface area contributed by atoms with Gasteiger partial charge in [0.1, 0.15) is 4.21 Å². The molecular formula is C20H27N3O3S2. The molecule has 2 heterocycles. The van der Waals surface area contributed by atoms with Crippen molar-refractivity contribution in [2.24, 2.45) is 5.92 Å². The van der Waals surface area contributed by atoms with Gasteiger partial charge in [0, 0.05) is 30.4 Å². The molecule has 1 fully saturated rings. The summed E-state index contributed by atoms with van der Waals surface area (Å²) in [5, 5.41) is 4.75. The average Bonchev–Trinajstić information content (AvgIpc) is 3.17. The van der Waals surface area contributed by atoms with Crippen LogP contribution in [0.4, 0.5) is 5.69 Å². The van der Waals surface area contributed by atoms with Crippen LogP contribution in [-0.4, -0.2) is 44.9 Å². The fourth-order valence-corrected chi connectivity index (χ4v) is 5.56. The zero-order valence-corrected chi connectivity index (χ0v) is 17.9. The lowest BCUT2D eigenvalue weighted by molar-refractivity contribution is 0.0920. The standard InChI is InChI=1S/C20H27N3O3S2/c1-15-5-3-11-23(13-15)14-16(2)21-20(24)17-7-9-18(10-8-17)22-28(25,26)19-6-4-12-27-19/h4,6-10,12,15-16,22H,3,5,11,13-14H2,1-2H3,(H,21,24). The number of nitrogens with one attached hydrogen (secondary N) is 2. The number of carbonyl (C=O) groups is 1. The zero-order valence-electron chi connectivity index (χ0n) is 16.2. The Morgan fingerprint density at radius 2 is 2.04 bits per heavy atom. The van der Waals surface area contributed by atoms with E-state index in [0.717, 1.165) is 31.0 Å². The van der Waals surface area contributed by atoms with E-state index in [0.29, 0.717) is 17.2 Å². The fourth-order valence-electron chi connectivity index (χ4n) is 3.50. The van der Waals surface area contributed by atoms with E-state index < -0.39 is 10.0 Å². The van der Waals surface area contributed by atoms with Crippen LogP contribution < -0.4 is 10.0 Å². The van der Waals surface area contributed by atoms with Crippen LogP contribution in [0.1, 0.15) is 37.0 Å². The number of amides is 1. The molecule has 2 unspecified atom stereocenters. The van der Waals surface area contributed by atoms with Crippen molar-refractivity contribution in [3.05, 3.63) is 47.3 Å². The van der Waals surface area contributed by atoms with Gasteiger partial charge in [-0.3, -0.25) is 9.52 Å². The molecule has 1 aromatic heterocycles. The van der Waals surface area contributed by atoms with Gasteiger partial charge >= 0.3 is 0 Å². The quantitative estimate of drug-likeness (QED) is 0.718. The summed E-state index contributed by atoms with van der Waals surface area (Å²) in [7, 11) is -3.58. The van der Waals surface area contributed by atoms with Gasteiger partial charge in [-0.1, -0.05) is 13.0 Å². The Morgan fingerprint density at radius 1 is 1.29 bits per heavy atom. The Labute approximate surface area is 171 Å². The minimum absolute atomic E-state index is 0.0507. The van der Waals surface area contributed by atoms with Crippen molar-refractivity contribution in [3.8, 4) is 0 Å². The van der Waals surface area contributed by atoms with Crippen molar-refractivity contribution < 1.29 is 13.2 Å². The molecule has 1 amide bonds. The topological polar surface area (TPSA) is 78.5 Å². The summed E-state index contributed by atoms with van der Waals surface area (Å²) in [4.78, 5) is 14.9. The molecule has 2 aromatic rings. The highest BCUT2D eigenvalue weighted by Crippen LogP contribution is 2.20. The first-order chi connectivity index (χ1) is 13.3. The van der Waals surface area contributed by atoms with Gasteiger partial charge in [-0.15, -0.1) is 11.3 Å². The highest BCUT2D eigenvalue weighted by Gasteiger charge is 2.19. The highest BCUT2D eigenvalue weighted by atomic mass is 32.2. The number of thiophene rings is 1. The minimum atomic E-state index is -3.58. The van der Waals surface area contributed by atoms with Gasteiger partial charge in [-0.05, 0) is 67.9 Å². The molecule has 0 bridgehead atoms. The SMILES string of the molecule is CC1CCCN(CC(C)NC(=O)c2ccc(NS(=O)(=O)c3cccs3)cc2)C1. The molecule has 28 heavy (non-hydrogen) atoms. The lowest BCUT2D eigenvalue weighted by Gasteiger charge is -2.32. The van der Waals surface area contributed by atoms with E-state index >= 15 is 0 Å². The number of benzene rings is 1. The van der Waals surface area contributed by atoms with Crippen molar-refractivity contribution >= 4 is 33.0 Å². The lowest BCUT2D eigenvalue weighted by Crippen LogP contribution is -2.45. The molecule has 1 aromatic carbocycles. The third kappa shape index (κ3) is 5.56. The van der Waals surface area contributed by atoms with Gasteiger partial charge in [-0.2, -0.15) is 0 Å². The van der Waals surface area contributed by atoms with E-state index in [-0.39, 0.29) is 16.2 Å². The molecule has 6 nitrogen and oxygen atoms in total. The summed E-state index contributed by atoms with van der Waals surface area (Å²) >= 11 is 1.16. The molecular weight excluding hydrogens is 394 g/mol. The number of hydrogen-bond acceptors (Lipinski definition) is 5. The first kappa shape index (κ1) is 20.8. The number of carbonyl (C=O) groups excluding carboxylic acids is 1. The molecule has 0 radical (unpaired) electrons. The summed E-state index contributed by atoms with van der Waals surface area (Å²) in [5.74, 6) is 0.562. The smallest absolute Gasteiger partial charge is 0.271 e. The Bertz CT molecular complexity index is 880. The van der Waals surface area contributed by atoms with Crippen LogP contribution in [0.3, 0.4) is 0 Å². The molecule has 1 aliphatic heterocycles. The van der Waals surface area contributed by atoms with E-state index in [2.05, 4.69) is 21.9 Å². The van der Waals surface area contributed by atoms with Crippen LogP contribution in [0.2, 0.25) is 0 Å². The summed E-state index contributed by atoms with van der Waals surface area (Å²) < 4.78 is 27.3. The first-order valence-electron chi connectivity index (χ1n) is 9.53. The third-order valence-corrected chi connectivity index (χ3v) is 7.59. The summed E-state index contributed by atoms with van der Waals surface area (Å²) in [6, 6.07) is 9.79. The summed E-state index contributed by atoms with van der Waals surface area (Å²) in [6.45, 7) is 7.29. The third-order valence-electron chi connectivity index (χ3n) is 4.81. The van der Waals surface area contributed by atoms with E-state index in [1.165, 1.54) is 12.8 Å². The monoisotopic (exact) mass is 421 g/mol. The fraction of sp³-hybridized carbons (Fsp3) is 0.450. The Morgan fingerprint density at radius 3 is 2.68 bits per heavy atom.